The van der Waals surface area contributed by atoms with Gasteiger partial charge in [0.25, 0.3) is 0 Å². The number of hydrogen-bond donors (Lipinski definition) is 0. The van der Waals surface area contributed by atoms with Gasteiger partial charge in [-0.25, -0.2) is 0 Å². The molecule has 2 aromatic rings. The van der Waals surface area contributed by atoms with Gasteiger partial charge >= 0.3 is 5.97 Å². The lowest BCUT2D eigenvalue weighted by Crippen LogP contribution is -2.08. The van der Waals surface area contributed by atoms with Crippen molar-refractivity contribution in [3.05, 3.63) is 54.1 Å². The van der Waals surface area contributed by atoms with Gasteiger partial charge in [-0.3, -0.25) is 4.79 Å². The highest BCUT2D eigenvalue weighted by atomic mass is 16.5. The van der Waals surface area contributed by atoms with Crippen LogP contribution in [0.1, 0.15) is 167 Å². The summed E-state index contributed by atoms with van der Waals surface area (Å²) in [6.07, 6.45) is 26.4. The molecule has 0 heterocycles. The number of esters is 1. The Balaban J connectivity index is 1.57. The van der Waals surface area contributed by atoms with Crippen LogP contribution in [0.4, 0.5) is 0 Å². The third kappa shape index (κ3) is 17.0. The number of hydrogen-bond acceptors (Lipinski definition) is 3. The summed E-state index contributed by atoms with van der Waals surface area (Å²) in [6.45, 7) is 7.29. The lowest BCUT2D eigenvalue weighted by molar-refractivity contribution is -0.148. The van der Waals surface area contributed by atoms with Crippen LogP contribution in [0.15, 0.2) is 48.5 Å². The molecule has 2 aromatic carbocycles. The molecular formula is C39H62O3. The van der Waals surface area contributed by atoms with Crippen molar-refractivity contribution >= 4 is 5.97 Å². The van der Waals surface area contributed by atoms with Gasteiger partial charge < -0.3 is 9.47 Å². The van der Waals surface area contributed by atoms with Crippen molar-refractivity contribution in [3.63, 3.8) is 0 Å². The van der Waals surface area contributed by atoms with Crippen LogP contribution < -0.4 is 4.74 Å². The smallest absolute Gasteiger partial charge is 0.306 e. The van der Waals surface area contributed by atoms with Crippen molar-refractivity contribution in [3.8, 4) is 16.9 Å². The number of ether oxygens (including phenoxy) is 2. The summed E-state index contributed by atoms with van der Waals surface area (Å²) in [6, 6.07) is 16.8. The molecule has 0 amide bonds. The molecule has 1 atom stereocenters. The Morgan fingerprint density at radius 2 is 0.952 bits per heavy atom. The van der Waals surface area contributed by atoms with Gasteiger partial charge in [0, 0.05) is 6.42 Å². The molecule has 3 heteroatoms. The van der Waals surface area contributed by atoms with Crippen LogP contribution in [0.5, 0.6) is 5.75 Å². The van der Waals surface area contributed by atoms with E-state index >= 15 is 0 Å². The van der Waals surface area contributed by atoms with E-state index in [-0.39, 0.29) is 12.1 Å². The van der Waals surface area contributed by atoms with Crippen molar-refractivity contribution < 1.29 is 14.3 Å². The lowest BCUT2D eigenvalue weighted by Gasteiger charge is -2.14. The Morgan fingerprint density at radius 1 is 0.548 bits per heavy atom. The highest BCUT2D eigenvalue weighted by Crippen LogP contribution is 2.26. The predicted molar refractivity (Wildman–Crippen MR) is 180 cm³/mol. The SMILES string of the molecule is CCCCCCCCCCCCOc1ccc(-c2ccc(C(C)OC(=O)CCCCCCCCCCCC)cc2)cc1. The fourth-order valence-electron chi connectivity index (χ4n) is 5.55. The van der Waals surface area contributed by atoms with E-state index in [0.29, 0.717) is 6.42 Å². The maximum Gasteiger partial charge on any atom is 0.306 e. The molecule has 236 valence electrons. The summed E-state index contributed by atoms with van der Waals surface area (Å²) in [5.41, 5.74) is 3.36. The number of rotatable bonds is 26. The van der Waals surface area contributed by atoms with Gasteiger partial charge in [0.2, 0.25) is 0 Å². The maximum absolute atomic E-state index is 12.3. The Labute approximate surface area is 259 Å². The highest BCUT2D eigenvalue weighted by Gasteiger charge is 2.12. The summed E-state index contributed by atoms with van der Waals surface area (Å²) >= 11 is 0. The van der Waals surface area contributed by atoms with Crippen LogP contribution in [0.3, 0.4) is 0 Å². The van der Waals surface area contributed by atoms with Gasteiger partial charge in [0.15, 0.2) is 0 Å². The summed E-state index contributed by atoms with van der Waals surface area (Å²) in [5, 5.41) is 0. The zero-order valence-corrected chi connectivity index (χ0v) is 27.5. The minimum atomic E-state index is -0.226. The van der Waals surface area contributed by atoms with Crippen molar-refractivity contribution in [2.24, 2.45) is 0 Å². The molecule has 0 bridgehead atoms. The first-order valence-electron chi connectivity index (χ1n) is 17.7. The Morgan fingerprint density at radius 3 is 1.43 bits per heavy atom. The van der Waals surface area contributed by atoms with Crippen LogP contribution in [-0.2, 0) is 9.53 Å². The summed E-state index contributed by atoms with van der Waals surface area (Å²) < 4.78 is 11.7. The van der Waals surface area contributed by atoms with Crippen LogP contribution in [-0.4, -0.2) is 12.6 Å². The number of carbonyl (C=O) groups excluding carboxylic acids is 1. The Bertz CT molecular complexity index is 902. The Hall–Kier alpha value is -2.29. The lowest BCUT2D eigenvalue weighted by atomic mass is 10.0. The first-order chi connectivity index (χ1) is 20.6. The highest BCUT2D eigenvalue weighted by molar-refractivity contribution is 5.70. The van der Waals surface area contributed by atoms with Crippen LogP contribution in [0.25, 0.3) is 11.1 Å². The normalized spacial score (nSPS) is 11.9. The third-order valence-electron chi connectivity index (χ3n) is 8.38. The van der Waals surface area contributed by atoms with Crippen molar-refractivity contribution in [2.75, 3.05) is 6.61 Å². The maximum atomic E-state index is 12.3. The second-order valence-electron chi connectivity index (χ2n) is 12.2. The third-order valence-corrected chi connectivity index (χ3v) is 8.38. The second-order valence-corrected chi connectivity index (χ2v) is 12.2. The molecule has 42 heavy (non-hydrogen) atoms. The number of carbonyl (C=O) groups is 1. The van der Waals surface area contributed by atoms with E-state index in [4.69, 9.17) is 9.47 Å². The number of benzene rings is 2. The Kier molecular flexibility index (Phi) is 20.7. The van der Waals surface area contributed by atoms with Gasteiger partial charge in [-0.05, 0) is 48.6 Å². The molecule has 3 nitrogen and oxygen atoms in total. The minimum absolute atomic E-state index is 0.0838. The fourth-order valence-corrected chi connectivity index (χ4v) is 5.55. The monoisotopic (exact) mass is 578 g/mol. The molecule has 0 N–H and O–H groups in total. The van der Waals surface area contributed by atoms with Crippen LogP contribution in [0.2, 0.25) is 0 Å². The molecule has 0 saturated carbocycles. The topological polar surface area (TPSA) is 35.5 Å². The van der Waals surface area contributed by atoms with E-state index in [0.717, 1.165) is 42.7 Å². The first kappa shape index (κ1) is 35.9. The molecule has 0 aliphatic carbocycles. The predicted octanol–water partition coefficient (Wildman–Crippen LogP) is 12.6. The van der Waals surface area contributed by atoms with Crippen molar-refractivity contribution in [1.29, 1.82) is 0 Å². The molecule has 0 radical (unpaired) electrons. The zero-order valence-electron chi connectivity index (χ0n) is 27.5. The van der Waals surface area contributed by atoms with Crippen LogP contribution in [0, 0.1) is 0 Å². The summed E-state index contributed by atoms with van der Waals surface area (Å²) in [5.74, 6) is 0.855. The fraction of sp³-hybridized carbons (Fsp3) is 0.667. The average Bonchev–Trinajstić information content (AvgIpc) is 3.01. The first-order valence-corrected chi connectivity index (χ1v) is 17.7. The van der Waals surface area contributed by atoms with E-state index in [9.17, 15) is 4.79 Å². The second kappa shape index (κ2) is 24.2. The quantitative estimate of drug-likeness (QED) is 0.0822. The standard InChI is InChI=1S/C39H62O3/c1-4-6-8-10-12-14-16-18-20-22-24-39(40)42-34(3)35-25-27-36(28-26-35)37-29-31-38(32-30-37)41-33-23-21-19-17-15-13-11-9-7-5-2/h25-32,34H,4-24,33H2,1-3H3. The number of unbranched alkanes of at least 4 members (excludes halogenated alkanes) is 18. The van der Waals surface area contributed by atoms with Gasteiger partial charge in [-0.1, -0.05) is 166 Å². The van der Waals surface area contributed by atoms with Crippen molar-refractivity contribution in [2.45, 2.75) is 162 Å². The summed E-state index contributed by atoms with van der Waals surface area (Å²) in [4.78, 5) is 12.3. The largest absolute Gasteiger partial charge is 0.494 e. The minimum Gasteiger partial charge on any atom is -0.494 e. The van der Waals surface area contributed by atoms with Gasteiger partial charge in [-0.15, -0.1) is 0 Å². The molecule has 0 saturated heterocycles. The van der Waals surface area contributed by atoms with Crippen molar-refractivity contribution in [1.82, 2.24) is 0 Å². The van der Waals surface area contributed by atoms with E-state index in [1.54, 1.807) is 0 Å². The van der Waals surface area contributed by atoms with Crippen LogP contribution >= 0.6 is 0 Å². The van der Waals surface area contributed by atoms with E-state index in [1.807, 2.05) is 6.92 Å². The van der Waals surface area contributed by atoms with Gasteiger partial charge in [-0.2, -0.15) is 0 Å². The molecule has 0 fully saturated rings. The van der Waals surface area contributed by atoms with E-state index < -0.39 is 0 Å². The summed E-state index contributed by atoms with van der Waals surface area (Å²) in [7, 11) is 0. The van der Waals surface area contributed by atoms with Gasteiger partial charge in [0.05, 0.1) is 6.61 Å². The van der Waals surface area contributed by atoms with E-state index in [1.165, 1.54) is 115 Å². The molecule has 1 unspecified atom stereocenters. The molecule has 0 aromatic heterocycles. The molecule has 0 aliphatic rings. The molecule has 0 aliphatic heterocycles. The average molecular weight is 579 g/mol. The van der Waals surface area contributed by atoms with E-state index in [2.05, 4.69) is 62.4 Å². The molecule has 2 rings (SSSR count). The zero-order chi connectivity index (χ0) is 30.1. The molecular weight excluding hydrogens is 516 g/mol. The van der Waals surface area contributed by atoms with Gasteiger partial charge in [0.1, 0.15) is 11.9 Å². The molecule has 0 spiro atoms.